The Labute approximate surface area is 195 Å². The highest BCUT2D eigenvalue weighted by molar-refractivity contribution is 6.35. The predicted octanol–water partition coefficient (Wildman–Crippen LogP) is 4.77. The number of aliphatic imine (C=N–C) groups is 2. The lowest BCUT2D eigenvalue weighted by molar-refractivity contribution is 0.0993. The molecule has 33 heavy (non-hydrogen) atoms. The maximum atomic E-state index is 13.2. The number of carbonyl (C=O) groups excluding carboxylic acids is 2. The van der Waals surface area contributed by atoms with Gasteiger partial charge in [0.1, 0.15) is 6.73 Å². The monoisotopic (exact) mass is 479 g/mol. The Kier molecular flexibility index (Phi) is 9.89. The molecule has 0 fully saturated rings. The third-order valence-electron chi connectivity index (χ3n) is 4.27. The Morgan fingerprint density at radius 1 is 1.27 bits per heavy atom. The summed E-state index contributed by atoms with van der Waals surface area (Å²) in [6.07, 6.45) is -1.50. The maximum absolute atomic E-state index is 13.2. The van der Waals surface area contributed by atoms with Gasteiger partial charge in [-0.1, -0.05) is 23.7 Å². The second-order valence-corrected chi connectivity index (χ2v) is 7.18. The number of nitrogens with zero attached hydrogens (tertiary/aromatic N) is 3. The number of hydrogen-bond donors (Lipinski definition) is 2. The van der Waals surface area contributed by atoms with E-state index in [4.69, 9.17) is 16.3 Å². The molecule has 2 aromatic carbocycles. The van der Waals surface area contributed by atoms with Crippen LogP contribution in [0.3, 0.4) is 0 Å². The lowest BCUT2D eigenvalue weighted by Gasteiger charge is -2.20. The Balaban J connectivity index is 2.22. The second-order valence-electron chi connectivity index (χ2n) is 6.78. The van der Waals surface area contributed by atoms with Crippen LogP contribution in [0.2, 0.25) is 5.02 Å². The number of urea groups is 1. The number of carbonyl (C=O) groups is 2. The molecule has 8 nitrogen and oxygen atoms in total. The van der Waals surface area contributed by atoms with Crippen LogP contribution >= 0.6 is 11.6 Å². The first kappa shape index (κ1) is 25.9. The molecule has 0 heterocycles. The number of benzene rings is 2. The SMILES string of the molecule is C=NCO[C@@H](C)/C=N/c1cccc(Cl)c1C(=O)N(C)c1cccc(NC(=O)NCC(F)F)c1. The third-order valence-corrected chi connectivity index (χ3v) is 4.59. The van der Waals surface area contributed by atoms with Crippen LogP contribution in [0, 0.1) is 0 Å². The van der Waals surface area contributed by atoms with Crippen LogP contribution in [0.4, 0.5) is 30.6 Å². The molecule has 0 aliphatic heterocycles. The molecule has 0 aliphatic carbocycles. The van der Waals surface area contributed by atoms with E-state index in [-0.39, 0.29) is 23.4 Å². The Morgan fingerprint density at radius 3 is 2.70 bits per heavy atom. The highest BCUT2D eigenvalue weighted by Gasteiger charge is 2.21. The summed E-state index contributed by atoms with van der Waals surface area (Å²) in [6, 6.07) is 10.5. The summed E-state index contributed by atoms with van der Waals surface area (Å²) in [5, 5.41) is 4.70. The van der Waals surface area contributed by atoms with Gasteiger partial charge in [-0.15, -0.1) is 0 Å². The van der Waals surface area contributed by atoms with E-state index in [0.29, 0.717) is 17.1 Å². The first-order valence-electron chi connectivity index (χ1n) is 9.80. The molecular weight excluding hydrogens is 456 g/mol. The van der Waals surface area contributed by atoms with E-state index in [1.807, 2.05) is 5.32 Å². The first-order valence-corrected chi connectivity index (χ1v) is 10.2. The van der Waals surface area contributed by atoms with Gasteiger partial charge in [-0.25, -0.2) is 13.6 Å². The van der Waals surface area contributed by atoms with Crippen molar-refractivity contribution in [2.45, 2.75) is 19.5 Å². The summed E-state index contributed by atoms with van der Waals surface area (Å²) in [7, 11) is 1.54. The highest BCUT2D eigenvalue weighted by atomic mass is 35.5. The molecule has 0 bridgehead atoms. The van der Waals surface area contributed by atoms with Gasteiger partial charge in [0.2, 0.25) is 0 Å². The molecule has 0 saturated carbocycles. The topological polar surface area (TPSA) is 95.4 Å². The molecule has 0 spiro atoms. The molecule has 11 heteroatoms. The van der Waals surface area contributed by atoms with Gasteiger partial charge in [0, 0.05) is 24.6 Å². The minimum atomic E-state index is -2.66. The number of amides is 3. The van der Waals surface area contributed by atoms with Crippen molar-refractivity contribution in [3.05, 3.63) is 53.1 Å². The molecule has 2 rings (SSSR count). The maximum Gasteiger partial charge on any atom is 0.319 e. The summed E-state index contributed by atoms with van der Waals surface area (Å²) >= 11 is 6.31. The summed E-state index contributed by atoms with van der Waals surface area (Å²) in [5.74, 6) is -0.437. The van der Waals surface area contributed by atoms with Crippen molar-refractivity contribution in [3.8, 4) is 0 Å². The van der Waals surface area contributed by atoms with Crippen LogP contribution in [-0.2, 0) is 4.74 Å². The largest absolute Gasteiger partial charge is 0.351 e. The first-order chi connectivity index (χ1) is 15.7. The van der Waals surface area contributed by atoms with Crippen molar-refractivity contribution >= 4 is 53.5 Å². The number of ether oxygens (including phenoxy) is 1. The summed E-state index contributed by atoms with van der Waals surface area (Å²) < 4.78 is 29.9. The molecule has 0 saturated heterocycles. The van der Waals surface area contributed by atoms with Gasteiger partial charge in [0.05, 0.1) is 28.9 Å². The average Bonchev–Trinajstić information content (AvgIpc) is 2.79. The number of anilines is 2. The number of rotatable bonds is 10. The molecule has 2 aromatic rings. The van der Waals surface area contributed by atoms with E-state index in [2.05, 4.69) is 22.0 Å². The van der Waals surface area contributed by atoms with Crippen molar-refractivity contribution in [2.75, 3.05) is 30.5 Å². The molecule has 0 aliphatic rings. The van der Waals surface area contributed by atoms with Gasteiger partial charge in [0.25, 0.3) is 12.3 Å². The Bertz CT molecular complexity index is 1020. The summed E-state index contributed by atoms with van der Waals surface area (Å²) in [6.45, 7) is 4.45. The Hall–Kier alpha value is -3.37. The molecule has 0 aromatic heterocycles. The van der Waals surface area contributed by atoms with Gasteiger partial charge >= 0.3 is 6.03 Å². The third kappa shape index (κ3) is 7.92. The number of nitrogens with one attached hydrogen (secondary N) is 2. The van der Waals surface area contributed by atoms with Crippen LogP contribution in [0.5, 0.6) is 0 Å². The molecule has 176 valence electrons. The van der Waals surface area contributed by atoms with Gasteiger partial charge < -0.3 is 20.3 Å². The van der Waals surface area contributed by atoms with Gasteiger partial charge in [-0.05, 0) is 44.0 Å². The van der Waals surface area contributed by atoms with Crippen LogP contribution < -0.4 is 15.5 Å². The fraction of sp³-hybridized carbons (Fsp3) is 0.273. The fourth-order valence-corrected chi connectivity index (χ4v) is 2.90. The van der Waals surface area contributed by atoms with Crippen molar-refractivity contribution in [1.29, 1.82) is 0 Å². The van der Waals surface area contributed by atoms with Crippen LogP contribution in [-0.4, -0.2) is 57.7 Å². The van der Waals surface area contributed by atoms with Crippen LogP contribution in [0.15, 0.2) is 52.4 Å². The molecular formula is C22H24ClF2N5O3. The van der Waals surface area contributed by atoms with E-state index < -0.39 is 24.9 Å². The van der Waals surface area contributed by atoms with Crippen molar-refractivity contribution < 1.29 is 23.1 Å². The average molecular weight is 480 g/mol. The van der Waals surface area contributed by atoms with Gasteiger partial charge in [0.15, 0.2) is 0 Å². The second kappa shape index (κ2) is 12.6. The molecule has 3 amide bonds. The van der Waals surface area contributed by atoms with Crippen molar-refractivity contribution in [1.82, 2.24) is 5.32 Å². The number of halogens is 3. The fourth-order valence-electron chi connectivity index (χ4n) is 2.65. The quantitative estimate of drug-likeness (QED) is 0.480. The van der Waals surface area contributed by atoms with Gasteiger partial charge in [-0.3, -0.25) is 14.8 Å². The number of alkyl halides is 2. The van der Waals surface area contributed by atoms with E-state index in [1.54, 1.807) is 43.3 Å². The highest BCUT2D eigenvalue weighted by Crippen LogP contribution is 2.30. The Morgan fingerprint density at radius 2 is 2.00 bits per heavy atom. The van der Waals surface area contributed by atoms with Gasteiger partial charge in [-0.2, -0.15) is 0 Å². The minimum absolute atomic E-state index is 0.113. The predicted molar refractivity (Wildman–Crippen MR) is 127 cm³/mol. The molecule has 0 radical (unpaired) electrons. The summed E-state index contributed by atoms with van der Waals surface area (Å²) in [4.78, 5) is 34.3. The number of hydrogen-bond acceptors (Lipinski definition) is 5. The zero-order valence-electron chi connectivity index (χ0n) is 18.1. The molecule has 1 atom stereocenters. The lowest BCUT2D eigenvalue weighted by Crippen LogP contribution is -2.32. The molecule has 2 N–H and O–H groups in total. The summed E-state index contributed by atoms with van der Waals surface area (Å²) in [5.41, 5.74) is 1.29. The van der Waals surface area contributed by atoms with Crippen molar-refractivity contribution in [2.24, 2.45) is 9.98 Å². The zero-order chi connectivity index (χ0) is 24.4. The van der Waals surface area contributed by atoms with E-state index in [1.165, 1.54) is 24.2 Å². The van der Waals surface area contributed by atoms with E-state index in [0.717, 1.165) is 0 Å². The normalized spacial score (nSPS) is 11.9. The van der Waals surface area contributed by atoms with Crippen LogP contribution in [0.25, 0.3) is 0 Å². The minimum Gasteiger partial charge on any atom is -0.351 e. The molecule has 0 unspecified atom stereocenters. The van der Waals surface area contributed by atoms with Crippen LogP contribution in [0.1, 0.15) is 17.3 Å². The zero-order valence-corrected chi connectivity index (χ0v) is 18.9. The van der Waals surface area contributed by atoms with Crippen molar-refractivity contribution in [3.63, 3.8) is 0 Å². The standard InChI is InChI=1S/C22H24ClF2N5O3/c1-14(33-13-26-2)11-27-18-9-5-8-17(23)20(18)21(31)30(3)16-7-4-6-15(10-16)29-22(32)28-12-19(24)25/h4-11,14,19H,2,12-13H2,1,3H3,(H2,28,29,32)/b27-11+/t14-/m0/s1. The lowest BCUT2D eigenvalue weighted by atomic mass is 10.1. The van der Waals surface area contributed by atoms with E-state index in [9.17, 15) is 18.4 Å². The van der Waals surface area contributed by atoms with E-state index >= 15 is 0 Å². The smallest absolute Gasteiger partial charge is 0.319 e.